The minimum atomic E-state index is -0.689. The van der Waals surface area contributed by atoms with Crippen LogP contribution in [0.3, 0.4) is 0 Å². The third-order valence-electron chi connectivity index (χ3n) is 3.69. The van der Waals surface area contributed by atoms with Gasteiger partial charge >= 0.3 is 0 Å². The first kappa shape index (κ1) is 12.7. The molecule has 0 heterocycles. The normalized spacial score (nSPS) is 19.3. The van der Waals surface area contributed by atoms with Crippen LogP contribution in [0, 0.1) is 12.7 Å². The molecular weight excluding hydrogens is 241 g/mol. The molecule has 0 radical (unpaired) electrons. The van der Waals surface area contributed by atoms with Gasteiger partial charge in [-0.25, -0.2) is 4.39 Å². The second-order valence-electron chi connectivity index (χ2n) is 4.91. The van der Waals surface area contributed by atoms with Gasteiger partial charge in [0.1, 0.15) is 0 Å². The zero-order valence-corrected chi connectivity index (χ0v) is 10.6. The molecule has 94 valence electrons. The first-order valence-electron chi connectivity index (χ1n) is 5.92. The van der Waals surface area contributed by atoms with Crippen molar-refractivity contribution in [1.82, 2.24) is 0 Å². The number of benzene rings is 1. The molecule has 4 heteroatoms. The van der Waals surface area contributed by atoms with Crippen LogP contribution in [0.15, 0.2) is 6.07 Å². The summed E-state index contributed by atoms with van der Waals surface area (Å²) in [7, 11) is 0. The molecule has 0 bridgehead atoms. The number of halogens is 2. The standard InChI is InChI=1S/C13H17ClFNO/c1-8-9(14)7-10(15)12(17)11(8)13(16)5-3-2-4-6-13/h7,17H,2-6,16H2,1H3. The lowest BCUT2D eigenvalue weighted by Crippen LogP contribution is -2.39. The minimum absolute atomic E-state index is 0.325. The Bertz CT molecular complexity index is 415. The fraction of sp³-hybridized carbons (Fsp3) is 0.538. The van der Waals surface area contributed by atoms with Crippen molar-refractivity contribution in [2.75, 3.05) is 0 Å². The summed E-state index contributed by atoms with van der Waals surface area (Å²) in [5.74, 6) is -1.03. The van der Waals surface area contributed by atoms with Gasteiger partial charge in [-0.15, -0.1) is 0 Å². The van der Waals surface area contributed by atoms with Crippen LogP contribution in [0.5, 0.6) is 5.75 Å². The van der Waals surface area contributed by atoms with E-state index in [1.807, 2.05) is 0 Å². The van der Waals surface area contributed by atoms with E-state index in [0.717, 1.165) is 38.2 Å². The van der Waals surface area contributed by atoms with Gasteiger partial charge in [-0.3, -0.25) is 0 Å². The van der Waals surface area contributed by atoms with Crippen LogP contribution < -0.4 is 5.73 Å². The average Bonchev–Trinajstić information content (AvgIpc) is 2.27. The highest BCUT2D eigenvalue weighted by Crippen LogP contribution is 2.43. The molecule has 0 aromatic heterocycles. The topological polar surface area (TPSA) is 46.2 Å². The van der Waals surface area contributed by atoms with Gasteiger partial charge in [-0.05, 0) is 31.4 Å². The predicted octanol–water partition coefficient (Wildman–Crippen LogP) is 3.61. The van der Waals surface area contributed by atoms with Gasteiger partial charge in [0.25, 0.3) is 0 Å². The molecule has 1 aromatic carbocycles. The van der Waals surface area contributed by atoms with Crippen LogP contribution in [-0.4, -0.2) is 5.11 Å². The van der Waals surface area contributed by atoms with Crippen LogP contribution in [0.2, 0.25) is 5.02 Å². The van der Waals surface area contributed by atoms with Crippen molar-refractivity contribution in [1.29, 1.82) is 0 Å². The maximum atomic E-state index is 13.6. The Balaban J connectivity index is 2.57. The number of phenolic OH excluding ortho intramolecular Hbond substituents is 1. The van der Waals surface area contributed by atoms with E-state index in [1.54, 1.807) is 6.92 Å². The Morgan fingerprint density at radius 2 is 1.94 bits per heavy atom. The Morgan fingerprint density at radius 1 is 1.35 bits per heavy atom. The van der Waals surface area contributed by atoms with Gasteiger partial charge in [0.2, 0.25) is 0 Å². The van der Waals surface area contributed by atoms with Crippen LogP contribution in [-0.2, 0) is 5.54 Å². The first-order valence-corrected chi connectivity index (χ1v) is 6.30. The summed E-state index contributed by atoms with van der Waals surface area (Å²) < 4.78 is 13.6. The van der Waals surface area contributed by atoms with E-state index in [1.165, 1.54) is 0 Å². The second kappa shape index (κ2) is 4.46. The fourth-order valence-corrected chi connectivity index (χ4v) is 2.94. The van der Waals surface area contributed by atoms with Crippen molar-refractivity contribution in [2.45, 2.75) is 44.6 Å². The van der Waals surface area contributed by atoms with Crippen LogP contribution >= 0.6 is 11.6 Å². The third kappa shape index (κ3) is 2.14. The first-order chi connectivity index (χ1) is 7.96. The Morgan fingerprint density at radius 3 is 2.53 bits per heavy atom. The lowest BCUT2D eigenvalue weighted by molar-refractivity contribution is 0.287. The Labute approximate surface area is 106 Å². The molecule has 1 aliphatic rings. The van der Waals surface area contributed by atoms with Gasteiger partial charge in [0, 0.05) is 16.1 Å². The molecule has 0 saturated heterocycles. The molecule has 1 aromatic rings. The zero-order chi connectivity index (χ0) is 12.6. The van der Waals surface area contributed by atoms with Gasteiger partial charge in [-0.2, -0.15) is 0 Å². The minimum Gasteiger partial charge on any atom is -0.505 e. The van der Waals surface area contributed by atoms with Gasteiger partial charge in [0.05, 0.1) is 0 Å². The SMILES string of the molecule is Cc1c(Cl)cc(F)c(O)c1C1(N)CCCCC1. The van der Waals surface area contributed by atoms with Crippen molar-refractivity contribution in [2.24, 2.45) is 5.73 Å². The molecule has 2 nitrogen and oxygen atoms in total. The summed E-state index contributed by atoms with van der Waals surface area (Å²) >= 11 is 5.97. The average molecular weight is 258 g/mol. The van der Waals surface area contributed by atoms with Gasteiger partial charge < -0.3 is 10.8 Å². The molecule has 3 N–H and O–H groups in total. The van der Waals surface area contributed by atoms with E-state index in [-0.39, 0.29) is 5.75 Å². The number of phenols is 1. The summed E-state index contributed by atoms with van der Waals surface area (Å²) in [6, 6.07) is 1.14. The number of rotatable bonds is 1. The monoisotopic (exact) mass is 257 g/mol. The second-order valence-corrected chi connectivity index (χ2v) is 5.31. The van der Waals surface area contributed by atoms with Crippen LogP contribution in [0.1, 0.15) is 43.2 Å². The van der Waals surface area contributed by atoms with Crippen molar-refractivity contribution in [3.05, 3.63) is 28.0 Å². The highest BCUT2D eigenvalue weighted by Gasteiger charge is 2.35. The van der Waals surface area contributed by atoms with Crippen molar-refractivity contribution >= 4 is 11.6 Å². The molecule has 1 saturated carbocycles. The molecule has 0 atom stereocenters. The lowest BCUT2D eigenvalue weighted by Gasteiger charge is -2.35. The summed E-state index contributed by atoms with van der Waals surface area (Å²) in [6.45, 7) is 1.78. The molecule has 2 rings (SSSR count). The Hall–Kier alpha value is -0.800. The summed E-state index contributed by atoms with van der Waals surface area (Å²) in [5, 5.41) is 10.2. The highest BCUT2D eigenvalue weighted by atomic mass is 35.5. The van der Waals surface area contributed by atoms with Crippen molar-refractivity contribution < 1.29 is 9.50 Å². The maximum absolute atomic E-state index is 13.6. The van der Waals surface area contributed by atoms with Crippen molar-refractivity contribution in [3.63, 3.8) is 0 Å². The third-order valence-corrected chi connectivity index (χ3v) is 4.09. The van der Waals surface area contributed by atoms with E-state index in [4.69, 9.17) is 17.3 Å². The molecule has 0 aliphatic heterocycles. The van der Waals surface area contributed by atoms with E-state index in [9.17, 15) is 9.50 Å². The molecule has 0 amide bonds. The number of aromatic hydroxyl groups is 1. The van der Waals surface area contributed by atoms with Crippen molar-refractivity contribution in [3.8, 4) is 5.75 Å². The summed E-state index contributed by atoms with van der Waals surface area (Å²) in [6.07, 6.45) is 4.68. The maximum Gasteiger partial charge on any atom is 0.166 e. The number of hydrogen-bond acceptors (Lipinski definition) is 2. The lowest BCUT2D eigenvalue weighted by atomic mass is 9.75. The molecule has 0 unspecified atom stereocenters. The quantitative estimate of drug-likeness (QED) is 0.807. The largest absolute Gasteiger partial charge is 0.505 e. The Kier molecular flexibility index (Phi) is 3.32. The van der Waals surface area contributed by atoms with Crippen LogP contribution in [0.25, 0.3) is 0 Å². The molecule has 17 heavy (non-hydrogen) atoms. The number of hydrogen-bond donors (Lipinski definition) is 2. The summed E-state index contributed by atoms with van der Waals surface area (Å²) in [4.78, 5) is 0. The molecular formula is C13H17ClFNO. The smallest absolute Gasteiger partial charge is 0.166 e. The van der Waals surface area contributed by atoms with Crippen LogP contribution in [0.4, 0.5) is 4.39 Å². The number of nitrogens with two attached hydrogens (primary N) is 1. The van der Waals surface area contributed by atoms with E-state index in [2.05, 4.69) is 0 Å². The molecule has 0 spiro atoms. The molecule has 1 fully saturated rings. The van der Waals surface area contributed by atoms with E-state index >= 15 is 0 Å². The van der Waals surface area contributed by atoms with Gasteiger partial charge in [-0.1, -0.05) is 30.9 Å². The fourth-order valence-electron chi connectivity index (χ4n) is 2.75. The van der Waals surface area contributed by atoms with E-state index in [0.29, 0.717) is 16.1 Å². The zero-order valence-electron chi connectivity index (χ0n) is 9.89. The molecule has 1 aliphatic carbocycles. The summed E-state index contributed by atoms with van der Waals surface area (Å²) in [5.41, 5.74) is 6.87. The van der Waals surface area contributed by atoms with Gasteiger partial charge in [0.15, 0.2) is 11.6 Å². The predicted molar refractivity (Wildman–Crippen MR) is 66.8 cm³/mol. The highest BCUT2D eigenvalue weighted by molar-refractivity contribution is 6.31. The van der Waals surface area contributed by atoms with E-state index < -0.39 is 11.4 Å².